The fourth-order valence-electron chi connectivity index (χ4n) is 2.50. The molecule has 0 aromatic carbocycles. The van der Waals surface area contributed by atoms with Gasteiger partial charge in [0.2, 0.25) is 5.91 Å². The molecule has 1 aromatic heterocycles. The second kappa shape index (κ2) is 6.68. The Kier molecular flexibility index (Phi) is 4.93. The maximum Gasteiger partial charge on any atom is 0.231 e. The molecule has 0 bridgehead atoms. The smallest absolute Gasteiger partial charge is 0.231 e. The maximum absolute atomic E-state index is 10.9. The Morgan fingerprint density at radius 3 is 2.58 bits per heavy atom. The minimum Gasteiger partial charge on any atom is -0.369 e. The first-order valence-electron chi connectivity index (χ1n) is 6.92. The van der Waals surface area contributed by atoms with Crippen molar-refractivity contribution in [2.75, 3.05) is 39.3 Å². The van der Waals surface area contributed by atoms with Gasteiger partial charge < -0.3 is 10.3 Å². The quantitative estimate of drug-likeness (QED) is 0.756. The number of nitrogens with zero attached hydrogens (tertiary/aromatic N) is 4. The maximum atomic E-state index is 10.9. The molecule has 2 N–H and O–H groups in total. The molecule has 1 saturated heterocycles. The third-order valence-corrected chi connectivity index (χ3v) is 3.62. The van der Waals surface area contributed by atoms with Gasteiger partial charge in [-0.1, -0.05) is 6.92 Å². The lowest BCUT2D eigenvalue weighted by atomic mass is 10.3. The Morgan fingerprint density at radius 1 is 1.26 bits per heavy atom. The van der Waals surface area contributed by atoms with E-state index in [9.17, 15) is 4.79 Å². The van der Waals surface area contributed by atoms with Crippen LogP contribution in [0.4, 0.5) is 0 Å². The van der Waals surface area contributed by atoms with Gasteiger partial charge in [-0.25, -0.2) is 4.98 Å². The van der Waals surface area contributed by atoms with E-state index in [0.29, 0.717) is 6.54 Å². The number of hydrogen-bond acceptors (Lipinski definition) is 4. The number of piperazine rings is 1. The van der Waals surface area contributed by atoms with E-state index in [0.717, 1.165) is 51.5 Å². The molecular formula is C13H23N5O. The van der Waals surface area contributed by atoms with Crippen molar-refractivity contribution in [2.45, 2.75) is 19.9 Å². The standard InChI is InChI=1S/C13H23N5O/c1-2-13-15-3-4-18(13)10-9-16-5-7-17(8-6-16)11-12(14)19/h3-4H,2,5-11H2,1H3,(H2,14,19). The summed E-state index contributed by atoms with van der Waals surface area (Å²) in [6, 6.07) is 0. The Balaban J connectivity index is 1.72. The zero-order valence-corrected chi connectivity index (χ0v) is 11.6. The van der Waals surface area contributed by atoms with Gasteiger partial charge in [0, 0.05) is 58.1 Å². The average molecular weight is 265 g/mol. The summed E-state index contributed by atoms with van der Waals surface area (Å²) in [6.45, 7) is 8.39. The van der Waals surface area contributed by atoms with Gasteiger partial charge in [0.05, 0.1) is 6.54 Å². The van der Waals surface area contributed by atoms with Crippen molar-refractivity contribution in [3.63, 3.8) is 0 Å². The number of aryl methyl sites for hydroxylation is 1. The number of aromatic nitrogens is 2. The third kappa shape index (κ3) is 4.04. The van der Waals surface area contributed by atoms with Crippen molar-refractivity contribution in [1.82, 2.24) is 19.4 Å². The molecule has 1 fully saturated rings. The van der Waals surface area contributed by atoms with Crippen LogP contribution in [-0.4, -0.2) is 64.5 Å². The Labute approximate surface area is 114 Å². The van der Waals surface area contributed by atoms with E-state index in [-0.39, 0.29) is 5.91 Å². The van der Waals surface area contributed by atoms with Crippen LogP contribution in [0.2, 0.25) is 0 Å². The van der Waals surface area contributed by atoms with Crippen LogP contribution >= 0.6 is 0 Å². The first kappa shape index (κ1) is 14.0. The predicted molar refractivity (Wildman–Crippen MR) is 73.7 cm³/mol. The van der Waals surface area contributed by atoms with Crippen LogP contribution in [0.1, 0.15) is 12.7 Å². The van der Waals surface area contributed by atoms with Crippen LogP contribution in [0.15, 0.2) is 12.4 Å². The van der Waals surface area contributed by atoms with Crippen molar-refractivity contribution in [3.8, 4) is 0 Å². The fraction of sp³-hybridized carbons (Fsp3) is 0.692. The lowest BCUT2D eigenvalue weighted by Gasteiger charge is -2.34. The van der Waals surface area contributed by atoms with E-state index in [1.165, 1.54) is 0 Å². The van der Waals surface area contributed by atoms with Gasteiger partial charge in [0.25, 0.3) is 0 Å². The van der Waals surface area contributed by atoms with Gasteiger partial charge in [-0.15, -0.1) is 0 Å². The molecule has 0 radical (unpaired) electrons. The Morgan fingerprint density at radius 2 is 1.95 bits per heavy atom. The summed E-state index contributed by atoms with van der Waals surface area (Å²) in [5, 5.41) is 0. The number of nitrogens with two attached hydrogens (primary N) is 1. The van der Waals surface area contributed by atoms with E-state index in [2.05, 4.69) is 26.3 Å². The van der Waals surface area contributed by atoms with Crippen molar-refractivity contribution < 1.29 is 4.79 Å². The van der Waals surface area contributed by atoms with Crippen LogP contribution in [0.5, 0.6) is 0 Å². The Hall–Kier alpha value is -1.40. The Bertz CT molecular complexity index is 409. The number of carbonyl (C=O) groups is 1. The molecule has 1 aliphatic heterocycles. The van der Waals surface area contributed by atoms with Gasteiger partial charge in [0.15, 0.2) is 0 Å². The van der Waals surface area contributed by atoms with E-state index < -0.39 is 0 Å². The van der Waals surface area contributed by atoms with Crippen molar-refractivity contribution >= 4 is 5.91 Å². The number of carbonyl (C=O) groups excluding carboxylic acids is 1. The molecule has 6 nitrogen and oxygen atoms in total. The summed E-state index contributed by atoms with van der Waals surface area (Å²) < 4.78 is 2.22. The highest BCUT2D eigenvalue weighted by Crippen LogP contribution is 2.03. The molecule has 106 valence electrons. The molecule has 2 heterocycles. The molecular weight excluding hydrogens is 242 g/mol. The largest absolute Gasteiger partial charge is 0.369 e. The minimum atomic E-state index is -0.237. The van der Waals surface area contributed by atoms with Crippen LogP contribution in [0.25, 0.3) is 0 Å². The second-order valence-electron chi connectivity index (χ2n) is 4.97. The van der Waals surface area contributed by atoms with Crippen LogP contribution < -0.4 is 5.73 Å². The van der Waals surface area contributed by atoms with Crippen LogP contribution in [0.3, 0.4) is 0 Å². The molecule has 6 heteroatoms. The van der Waals surface area contributed by atoms with Crippen LogP contribution in [-0.2, 0) is 17.8 Å². The molecule has 1 aromatic rings. The normalized spacial score (nSPS) is 17.7. The number of imidazole rings is 1. The predicted octanol–water partition coefficient (Wildman–Crippen LogP) is -0.452. The van der Waals surface area contributed by atoms with E-state index in [4.69, 9.17) is 5.73 Å². The highest BCUT2D eigenvalue weighted by atomic mass is 16.1. The molecule has 1 amide bonds. The van der Waals surface area contributed by atoms with E-state index in [1.54, 1.807) is 0 Å². The van der Waals surface area contributed by atoms with E-state index >= 15 is 0 Å². The molecule has 0 aliphatic carbocycles. The molecule has 2 rings (SSSR count). The van der Waals surface area contributed by atoms with Crippen LogP contribution in [0, 0.1) is 0 Å². The van der Waals surface area contributed by atoms with Gasteiger partial charge in [-0.05, 0) is 0 Å². The third-order valence-electron chi connectivity index (χ3n) is 3.62. The number of rotatable bonds is 6. The topological polar surface area (TPSA) is 67.4 Å². The second-order valence-corrected chi connectivity index (χ2v) is 4.97. The van der Waals surface area contributed by atoms with Gasteiger partial charge in [0.1, 0.15) is 5.82 Å². The van der Waals surface area contributed by atoms with Gasteiger partial charge in [-0.3, -0.25) is 14.6 Å². The lowest BCUT2D eigenvalue weighted by molar-refractivity contribution is -0.119. The first-order chi connectivity index (χ1) is 9.19. The van der Waals surface area contributed by atoms with E-state index in [1.807, 2.05) is 12.4 Å². The molecule has 19 heavy (non-hydrogen) atoms. The number of amides is 1. The molecule has 0 atom stereocenters. The fourth-order valence-corrected chi connectivity index (χ4v) is 2.50. The van der Waals surface area contributed by atoms with Crippen molar-refractivity contribution in [2.24, 2.45) is 5.73 Å². The zero-order valence-electron chi connectivity index (χ0n) is 11.6. The highest BCUT2D eigenvalue weighted by molar-refractivity contribution is 5.75. The van der Waals surface area contributed by atoms with Gasteiger partial charge >= 0.3 is 0 Å². The monoisotopic (exact) mass is 265 g/mol. The first-order valence-corrected chi connectivity index (χ1v) is 6.92. The summed E-state index contributed by atoms with van der Waals surface area (Å²) in [5.74, 6) is 0.909. The summed E-state index contributed by atoms with van der Waals surface area (Å²) in [4.78, 5) is 19.7. The minimum absolute atomic E-state index is 0.237. The molecule has 0 saturated carbocycles. The average Bonchev–Trinajstić information content (AvgIpc) is 2.84. The van der Waals surface area contributed by atoms with Gasteiger partial charge in [-0.2, -0.15) is 0 Å². The lowest BCUT2D eigenvalue weighted by Crippen LogP contribution is -2.49. The molecule has 0 spiro atoms. The number of primary amides is 1. The summed E-state index contributed by atoms with van der Waals surface area (Å²) in [7, 11) is 0. The highest BCUT2D eigenvalue weighted by Gasteiger charge is 2.17. The summed E-state index contributed by atoms with van der Waals surface area (Å²) >= 11 is 0. The summed E-state index contributed by atoms with van der Waals surface area (Å²) in [6.07, 6.45) is 4.88. The molecule has 1 aliphatic rings. The van der Waals surface area contributed by atoms with Crippen molar-refractivity contribution in [1.29, 1.82) is 0 Å². The SMILES string of the molecule is CCc1nccn1CCN1CCN(CC(N)=O)CC1. The zero-order chi connectivity index (χ0) is 13.7. The molecule has 0 unspecified atom stereocenters. The van der Waals surface area contributed by atoms with Crippen molar-refractivity contribution in [3.05, 3.63) is 18.2 Å². The summed E-state index contributed by atoms with van der Waals surface area (Å²) in [5.41, 5.74) is 5.21. The number of hydrogen-bond donors (Lipinski definition) is 1.